The Morgan fingerprint density at radius 3 is 2.64 bits per heavy atom. The van der Waals surface area contributed by atoms with Gasteiger partial charge in [-0.05, 0) is 38.8 Å². The van der Waals surface area contributed by atoms with Crippen LogP contribution < -0.4 is 14.8 Å². The van der Waals surface area contributed by atoms with E-state index in [2.05, 4.69) is 24.1 Å². The van der Waals surface area contributed by atoms with Crippen LogP contribution in [0, 0.1) is 0 Å². The molecule has 1 unspecified atom stereocenters. The number of amides is 2. The quantitative estimate of drug-likeness (QED) is 0.908. The summed E-state index contributed by atoms with van der Waals surface area (Å²) >= 11 is 0. The van der Waals surface area contributed by atoms with Gasteiger partial charge in [0.25, 0.3) is 0 Å². The average molecular weight is 347 g/mol. The summed E-state index contributed by atoms with van der Waals surface area (Å²) in [6, 6.07) is 8.43. The zero-order valence-electron chi connectivity index (χ0n) is 15.4. The molecule has 2 aliphatic rings. The van der Waals surface area contributed by atoms with E-state index < -0.39 is 0 Å². The number of hydrogen-bond donors (Lipinski definition) is 1. The largest absolute Gasteiger partial charge is 0.486 e. The van der Waals surface area contributed by atoms with Gasteiger partial charge in [-0.1, -0.05) is 12.1 Å². The number of hydrogen-bond acceptors (Lipinski definition) is 4. The minimum atomic E-state index is -0.145. The summed E-state index contributed by atoms with van der Waals surface area (Å²) in [6.45, 7) is 7.49. The van der Waals surface area contributed by atoms with Gasteiger partial charge < -0.3 is 24.6 Å². The first-order valence-corrected chi connectivity index (χ1v) is 9.17. The van der Waals surface area contributed by atoms with Crippen LogP contribution in [0.3, 0.4) is 0 Å². The Bertz CT molecular complexity index is 585. The summed E-state index contributed by atoms with van der Waals surface area (Å²) < 4.78 is 11.6. The van der Waals surface area contributed by atoms with E-state index in [4.69, 9.17) is 9.47 Å². The highest BCUT2D eigenvalue weighted by molar-refractivity contribution is 5.74. The van der Waals surface area contributed by atoms with Gasteiger partial charge >= 0.3 is 6.03 Å². The van der Waals surface area contributed by atoms with Crippen molar-refractivity contribution in [2.45, 2.75) is 44.9 Å². The van der Waals surface area contributed by atoms with Gasteiger partial charge in [0.2, 0.25) is 0 Å². The number of ether oxygens (including phenoxy) is 2. The molecule has 2 aliphatic heterocycles. The molecule has 1 aromatic carbocycles. The van der Waals surface area contributed by atoms with Crippen molar-refractivity contribution < 1.29 is 14.3 Å². The number of nitrogens with one attached hydrogen (secondary N) is 1. The lowest BCUT2D eigenvalue weighted by molar-refractivity contribution is 0.0705. The van der Waals surface area contributed by atoms with Crippen molar-refractivity contribution in [3.8, 4) is 11.5 Å². The maximum atomic E-state index is 12.5. The normalized spacial score (nSPS) is 21.2. The molecule has 1 aromatic rings. The lowest BCUT2D eigenvalue weighted by Gasteiger charge is -2.36. The van der Waals surface area contributed by atoms with Crippen LogP contribution in [0.4, 0.5) is 4.79 Å². The summed E-state index contributed by atoms with van der Waals surface area (Å²) in [6.07, 6.45) is 1.87. The van der Waals surface area contributed by atoms with Crippen LogP contribution in [0.15, 0.2) is 24.3 Å². The number of likely N-dealkylation sites (tertiary alicyclic amines) is 1. The molecule has 1 atom stereocenters. The molecule has 25 heavy (non-hydrogen) atoms. The summed E-state index contributed by atoms with van der Waals surface area (Å²) in [4.78, 5) is 16.6. The monoisotopic (exact) mass is 347 g/mol. The van der Waals surface area contributed by atoms with Gasteiger partial charge in [-0.3, -0.25) is 0 Å². The number of para-hydroxylation sites is 2. The Morgan fingerprint density at radius 1 is 1.28 bits per heavy atom. The third-order valence-corrected chi connectivity index (χ3v) is 4.98. The van der Waals surface area contributed by atoms with Crippen molar-refractivity contribution >= 4 is 6.03 Å². The molecule has 6 nitrogen and oxygen atoms in total. The van der Waals surface area contributed by atoms with Crippen molar-refractivity contribution in [3.63, 3.8) is 0 Å². The van der Waals surface area contributed by atoms with Gasteiger partial charge in [0.1, 0.15) is 6.61 Å². The van der Waals surface area contributed by atoms with Crippen LogP contribution in [0.1, 0.15) is 26.7 Å². The van der Waals surface area contributed by atoms with Gasteiger partial charge in [-0.25, -0.2) is 4.79 Å². The number of piperidine rings is 1. The molecule has 1 N–H and O–H groups in total. The van der Waals surface area contributed by atoms with E-state index in [1.807, 2.05) is 31.3 Å². The molecule has 0 bridgehead atoms. The maximum absolute atomic E-state index is 12.5. The first-order chi connectivity index (χ1) is 12.0. The maximum Gasteiger partial charge on any atom is 0.317 e. The summed E-state index contributed by atoms with van der Waals surface area (Å²) in [5.41, 5.74) is 0. The van der Waals surface area contributed by atoms with E-state index in [-0.39, 0.29) is 18.2 Å². The molecule has 6 heteroatoms. The minimum absolute atomic E-state index is 0.0366. The Kier molecular flexibility index (Phi) is 5.68. The molecular formula is C19H29N3O3. The number of nitrogens with zero attached hydrogens (tertiary/aromatic N) is 2. The number of fused-ring (bicyclic) bond motifs is 1. The molecule has 1 fully saturated rings. The Labute approximate surface area is 150 Å². The van der Waals surface area contributed by atoms with Crippen LogP contribution in [-0.4, -0.2) is 67.3 Å². The molecule has 138 valence electrons. The van der Waals surface area contributed by atoms with Crippen molar-refractivity contribution in [2.24, 2.45) is 0 Å². The second-order valence-corrected chi connectivity index (χ2v) is 7.23. The van der Waals surface area contributed by atoms with E-state index >= 15 is 0 Å². The molecule has 0 spiro atoms. The second-order valence-electron chi connectivity index (χ2n) is 7.23. The predicted molar refractivity (Wildman–Crippen MR) is 97.2 cm³/mol. The standard InChI is InChI=1S/C19H29N3O3/c1-14(2)22-10-8-15(9-11-22)20-19(23)21(3)12-16-13-24-17-6-4-5-7-18(17)25-16/h4-7,14-16H,8-13H2,1-3H3,(H,20,23). The first kappa shape index (κ1) is 17.9. The average Bonchev–Trinajstić information content (AvgIpc) is 2.62. The van der Waals surface area contributed by atoms with E-state index in [0.29, 0.717) is 19.2 Å². The van der Waals surface area contributed by atoms with Crippen molar-refractivity contribution in [3.05, 3.63) is 24.3 Å². The molecule has 0 aliphatic carbocycles. The van der Waals surface area contributed by atoms with Gasteiger partial charge in [-0.15, -0.1) is 0 Å². The smallest absolute Gasteiger partial charge is 0.317 e. The van der Waals surface area contributed by atoms with Crippen molar-refractivity contribution in [2.75, 3.05) is 33.3 Å². The van der Waals surface area contributed by atoms with Gasteiger partial charge in [0, 0.05) is 32.2 Å². The highest BCUT2D eigenvalue weighted by Crippen LogP contribution is 2.30. The number of carbonyl (C=O) groups excluding carboxylic acids is 1. The topological polar surface area (TPSA) is 54.0 Å². The molecule has 0 aromatic heterocycles. The lowest BCUT2D eigenvalue weighted by atomic mass is 10.0. The SMILES string of the molecule is CC(C)N1CCC(NC(=O)N(C)CC2COc3ccccc3O2)CC1. The zero-order chi connectivity index (χ0) is 17.8. The van der Waals surface area contributed by atoms with Gasteiger partial charge in [-0.2, -0.15) is 0 Å². The van der Waals surface area contributed by atoms with Crippen LogP contribution >= 0.6 is 0 Å². The van der Waals surface area contributed by atoms with Crippen LogP contribution in [-0.2, 0) is 0 Å². The van der Waals surface area contributed by atoms with E-state index in [1.165, 1.54) is 0 Å². The van der Waals surface area contributed by atoms with E-state index in [1.54, 1.807) is 4.90 Å². The summed E-state index contributed by atoms with van der Waals surface area (Å²) in [7, 11) is 1.81. The van der Waals surface area contributed by atoms with E-state index in [0.717, 1.165) is 37.4 Å². The van der Waals surface area contributed by atoms with Crippen LogP contribution in [0.2, 0.25) is 0 Å². The fourth-order valence-electron chi connectivity index (χ4n) is 3.39. The number of urea groups is 1. The van der Waals surface area contributed by atoms with Crippen molar-refractivity contribution in [1.82, 2.24) is 15.1 Å². The number of rotatable bonds is 4. The van der Waals surface area contributed by atoms with Crippen LogP contribution in [0.25, 0.3) is 0 Å². The van der Waals surface area contributed by atoms with Gasteiger partial charge in [0.15, 0.2) is 17.6 Å². The highest BCUT2D eigenvalue weighted by Gasteiger charge is 2.26. The zero-order valence-corrected chi connectivity index (χ0v) is 15.4. The molecule has 0 saturated carbocycles. The molecule has 0 radical (unpaired) electrons. The Morgan fingerprint density at radius 2 is 1.96 bits per heavy atom. The second kappa shape index (κ2) is 7.95. The number of likely N-dealkylation sites (N-methyl/N-ethyl adjacent to an activating group) is 1. The third-order valence-electron chi connectivity index (χ3n) is 4.98. The van der Waals surface area contributed by atoms with Gasteiger partial charge in [0.05, 0.1) is 6.54 Å². The third kappa shape index (κ3) is 4.57. The molecular weight excluding hydrogens is 318 g/mol. The van der Waals surface area contributed by atoms with E-state index in [9.17, 15) is 4.79 Å². The molecule has 2 heterocycles. The molecule has 3 rings (SSSR count). The molecule has 1 saturated heterocycles. The summed E-state index contributed by atoms with van der Waals surface area (Å²) in [5, 5.41) is 3.15. The fourth-order valence-corrected chi connectivity index (χ4v) is 3.39. The molecule has 2 amide bonds. The minimum Gasteiger partial charge on any atom is -0.486 e. The lowest BCUT2D eigenvalue weighted by Crippen LogP contribution is -2.51. The summed E-state index contributed by atoms with van der Waals surface area (Å²) in [5.74, 6) is 1.51. The fraction of sp³-hybridized carbons (Fsp3) is 0.632. The van der Waals surface area contributed by atoms with Crippen LogP contribution in [0.5, 0.6) is 11.5 Å². The predicted octanol–water partition coefficient (Wildman–Crippen LogP) is 2.34. The first-order valence-electron chi connectivity index (χ1n) is 9.17. The number of benzene rings is 1. The Hall–Kier alpha value is -1.95. The number of carbonyl (C=O) groups is 1. The van der Waals surface area contributed by atoms with Crippen molar-refractivity contribution in [1.29, 1.82) is 0 Å². The highest BCUT2D eigenvalue weighted by atomic mass is 16.6. The Balaban J connectivity index is 1.44.